The van der Waals surface area contributed by atoms with Crippen molar-refractivity contribution < 1.29 is 4.74 Å². The van der Waals surface area contributed by atoms with Gasteiger partial charge in [-0.1, -0.05) is 11.6 Å². The molecular weight excluding hydrogens is 212 g/mol. The molecule has 0 bridgehead atoms. The van der Waals surface area contributed by atoms with Crippen LogP contribution >= 0.6 is 11.6 Å². The number of ether oxygens (including phenoxy) is 1. The average molecular weight is 227 g/mol. The Morgan fingerprint density at radius 2 is 2.20 bits per heavy atom. The molecule has 0 aromatic heterocycles. The Hall–Kier alpha value is -1.22. The Balaban J connectivity index is 2.78. The summed E-state index contributed by atoms with van der Waals surface area (Å²) in [5.74, 6) is 0.838. The monoisotopic (exact) mass is 226 g/mol. The van der Waals surface area contributed by atoms with Gasteiger partial charge in [-0.15, -0.1) is 0 Å². The maximum atomic E-state index is 5.90. The Morgan fingerprint density at radius 3 is 2.80 bits per heavy atom. The van der Waals surface area contributed by atoms with Crippen molar-refractivity contribution >= 4 is 17.8 Å². The van der Waals surface area contributed by atoms with E-state index < -0.39 is 0 Å². The zero-order valence-electron chi connectivity index (χ0n) is 9.20. The number of halogens is 1. The van der Waals surface area contributed by atoms with Crippen molar-refractivity contribution in [1.29, 1.82) is 0 Å². The van der Waals surface area contributed by atoms with Crippen LogP contribution in [0.5, 0.6) is 5.75 Å². The summed E-state index contributed by atoms with van der Waals surface area (Å²) in [5, 5.41) is 6.59. The normalized spacial score (nSPS) is 10.7. The van der Waals surface area contributed by atoms with Crippen molar-refractivity contribution in [2.75, 3.05) is 21.2 Å². The molecule has 0 radical (unpaired) electrons. The number of hydrogen-bond donors (Lipinski definition) is 0. The van der Waals surface area contributed by atoms with Crippen LogP contribution in [0.2, 0.25) is 5.02 Å². The van der Waals surface area contributed by atoms with Crippen LogP contribution in [-0.4, -0.2) is 32.4 Å². The fourth-order valence-corrected chi connectivity index (χ4v) is 1.40. The third-order valence-electron chi connectivity index (χ3n) is 1.87. The largest absolute Gasteiger partial charge is 0.496 e. The van der Waals surface area contributed by atoms with Crippen molar-refractivity contribution in [2.24, 2.45) is 5.10 Å². The second kappa shape index (κ2) is 5.61. The smallest absolute Gasteiger partial charge is 0.122 e. The molecule has 0 amide bonds. The van der Waals surface area contributed by atoms with Crippen LogP contribution in [0, 0.1) is 0 Å². The van der Waals surface area contributed by atoms with Crippen LogP contribution < -0.4 is 4.74 Å². The molecule has 0 fully saturated rings. The van der Waals surface area contributed by atoms with Gasteiger partial charge in [0, 0.05) is 37.3 Å². The van der Waals surface area contributed by atoms with E-state index in [0.29, 0.717) is 11.4 Å². The molecule has 82 valence electrons. The standard InChI is InChI=1S/C11H15ClN2O/c1-14(2)13-7-6-9-8-10(12)4-5-11(9)15-3/h4-5,7-8H,6H2,1-3H3/b13-7-. The molecule has 0 aliphatic carbocycles. The third-order valence-corrected chi connectivity index (χ3v) is 2.10. The first kappa shape index (κ1) is 11.9. The molecule has 0 aliphatic rings. The van der Waals surface area contributed by atoms with Gasteiger partial charge in [0.25, 0.3) is 0 Å². The van der Waals surface area contributed by atoms with Crippen molar-refractivity contribution in [1.82, 2.24) is 5.01 Å². The van der Waals surface area contributed by atoms with E-state index in [-0.39, 0.29) is 0 Å². The van der Waals surface area contributed by atoms with Gasteiger partial charge in [-0.05, 0) is 18.2 Å². The molecule has 1 aromatic rings. The molecule has 1 rings (SSSR count). The highest BCUT2D eigenvalue weighted by atomic mass is 35.5. The summed E-state index contributed by atoms with van der Waals surface area (Å²) in [6.45, 7) is 0. The molecule has 15 heavy (non-hydrogen) atoms. The van der Waals surface area contributed by atoms with Gasteiger partial charge in [-0.25, -0.2) is 0 Å². The topological polar surface area (TPSA) is 24.8 Å². The minimum atomic E-state index is 0.710. The summed E-state index contributed by atoms with van der Waals surface area (Å²) in [7, 11) is 5.41. The van der Waals surface area contributed by atoms with Gasteiger partial charge in [0.2, 0.25) is 0 Å². The second-order valence-corrected chi connectivity index (χ2v) is 3.74. The molecule has 3 nitrogen and oxygen atoms in total. The van der Waals surface area contributed by atoms with Crippen molar-refractivity contribution in [3.63, 3.8) is 0 Å². The first-order chi connectivity index (χ1) is 7.13. The van der Waals surface area contributed by atoms with Gasteiger partial charge in [0.05, 0.1) is 7.11 Å². The molecule has 0 atom stereocenters. The van der Waals surface area contributed by atoms with Gasteiger partial charge in [-0.3, -0.25) is 0 Å². The minimum Gasteiger partial charge on any atom is -0.496 e. The molecule has 0 N–H and O–H groups in total. The lowest BCUT2D eigenvalue weighted by atomic mass is 10.1. The Kier molecular flexibility index (Phi) is 4.43. The highest BCUT2D eigenvalue weighted by Crippen LogP contribution is 2.22. The Morgan fingerprint density at radius 1 is 1.47 bits per heavy atom. The van der Waals surface area contributed by atoms with Gasteiger partial charge in [0.15, 0.2) is 0 Å². The fourth-order valence-electron chi connectivity index (χ4n) is 1.21. The van der Waals surface area contributed by atoms with E-state index in [4.69, 9.17) is 16.3 Å². The first-order valence-electron chi connectivity index (χ1n) is 4.65. The molecule has 1 aromatic carbocycles. The number of methoxy groups -OCH3 is 1. The summed E-state index contributed by atoms with van der Waals surface area (Å²) in [6, 6.07) is 5.57. The molecular formula is C11H15ClN2O. The number of benzene rings is 1. The average Bonchev–Trinajstić information content (AvgIpc) is 2.17. The third kappa shape index (κ3) is 3.80. The van der Waals surface area contributed by atoms with E-state index in [9.17, 15) is 0 Å². The van der Waals surface area contributed by atoms with E-state index in [2.05, 4.69) is 5.10 Å². The molecule has 0 saturated carbocycles. The highest BCUT2D eigenvalue weighted by molar-refractivity contribution is 6.30. The first-order valence-corrected chi connectivity index (χ1v) is 5.03. The molecule has 0 unspecified atom stereocenters. The fraction of sp³-hybridized carbons (Fsp3) is 0.364. The number of hydrazone groups is 1. The predicted octanol–water partition coefficient (Wildman–Crippen LogP) is 2.44. The van der Waals surface area contributed by atoms with E-state index in [1.807, 2.05) is 38.5 Å². The van der Waals surface area contributed by atoms with Crippen molar-refractivity contribution in [2.45, 2.75) is 6.42 Å². The van der Waals surface area contributed by atoms with E-state index in [1.165, 1.54) is 0 Å². The van der Waals surface area contributed by atoms with Gasteiger partial charge < -0.3 is 9.75 Å². The van der Waals surface area contributed by atoms with Crippen LogP contribution in [-0.2, 0) is 6.42 Å². The van der Waals surface area contributed by atoms with Gasteiger partial charge in [-0.2, -0.15) is 5.10 Å². The van der Waals surface area contributed by atoms with Crippen LogP contribution in [0.15, 0.2) is 23.3 Å². The maximum Gasteiger partial charge on any atom is 0.122 e. The quantitative estimate of drug-likeness (QED) is 0.582. The van der Waals surface area contributed by atoms with Crippen LogP contribution in [0.1, 0.15) is 5.56 Å². The number of nitrogens with zero attached hydrogens (tertiary/aromatic N) is 2. The zero-order chi connectivity index (χ0) is 11.3. The molecule has 0 spiro atoms. The molecule has 0 aliphatic heterocycles. The Labute approximate surface area is 95.3 Å². The highest BCUT2D eigenvalue weighted by Gasteiger charge is 2.01. The second-order valence-electron chi connectivity index (χ2n) is 3.31. The van der Waals surface area contributed by atoms with E-state index in [0.717, 1.165) is 11.3 Å². The Bertz CT molecular complexity index is 350. The van der Waals surface area contributed by atoms with E-state index >= 15 is 0 Å². The lowest BCUT2D eigenvalue weighted by molar-refractivity contribution is 0.410. The summed E-state index contributed by atoms with van der Waals surface area (Å²) in [4.78, 5) is 0. The predicted molar refractivity (Wildman–Crippen MR) is 63.9 cm³/mol. The van der Waals surface area contributed by atoms with Gasteiger partial charge in [0.1, 0.15) is 5.75 Å². The SMILES string of the molecule is COc1ccc(Cl)cc1C/C=N\N(C)C. The summed E-state index contributed by atoms with van der Waals surface area (Å²) >= 11 is 5.90. The number of hydrogen-bond acceptors (Lipinski definition) is 3. The van der Waals surface area contributed by atoms with Crippen molar-refractivity contribution in [3.05, 3.63) is 28.8 Å². The molecule has 0 heterocycles. The summed E-state index contributed by atoms with van der Waals surface area (Å²) < 4.78 is 5.22. The lowest BCUT2D eigenvalue weighted by Gasteiger charge is -2.07. The number of rotatable bonds is 4. The lowest BCUT2D eigenvalue weighted by Crippen LogP contribution is -2.03. The van der Waals surface area contributed by atoms with Crippen LogP contribution in [0.3, 0.4) is 0 Å². The van der Waals surface area contributed by atoms with Crippen LogP contribution in [0.4, 0.5) is 0 Å². The van der Waals surface area contributed by atoms with Gasteiger partial charge >= 0.3 is 0 Å². The molecule has 4 heteroatoms. The van der Waals surface area contributed by atoms with Crippen molar-refractivity contribution in [3.8, 4) is 5.75 Å². The van der Waals surface area contributed by atoms with E-state index in [1.54, 1.807) is 12.1 Å². The zero-order valence-corrected chi connectivity index (χ0v) is 9.95. The maximum absolute atomic E-state index is 5.90. The molecule has 0 saturated heterocycles. The minimum absolute atomic E-state index is 0.710. The summed E-state index contributed by atoms with van der Waals surface area (Å²) in [5.41, 5.74) is 1.04. The van der Waals surface area contributed by atoms with Crippen LogP contribution in [0.25, 0.3) is 0 Å². The summed E-state index contributed by atoms with van der Waals surface area (Å²) in [6.07, 6.45) is 2.54.